The lowest BCUT2D eigenvalue weighted by Gasteiger charge is -2.30. The van der Waals surface area contributed by atoms with Crippen LogP contribution in [0.2, 0.25) is 0 Å². The fourth-order valence-electron chi connectivity index (χ4n) is 4.86. The van der Waals surface area contributed by atoms with Crippen LogP contribution in [0, 0.1) is 0 Å². The van der Waals surface area contributed by atoms with Gasteiger partial charge in [0.2, 0.25) is 5.95 Å². The lowest BCUT2D eigenvalue weighted by molar-refractivity contribution is 0.352. The highest BCUT2D eigenvalue weighted by Crippen LogP contribution is 2.26. The van der Waals surface area contributed by atoms with Crippen molar-refractivity contribution >= 4 is 34.8 Å². The van der Waals surface area contributed by atoms with E-state index in [2.05, 4.69) is 88.3 Å². The van der Waals surface area contributed by atoms with Crippen molar-refractivity contribution in [3.8, 4) is 0 Å². The lowest BCUT2D eigenvalue weighted by Crippen LogP contribution is -2.37. The van der Waals surface area contributed by atoms with Gasteiger partial charge < -0.3 is 15.5 Å². The lowest BCUT2D eigenvalue weighted by atomic mass is 9.91. The smallest absolute Gasteiger partial charge is 0.225 e. The van der Waals surface area contributed by atoms with Gasteiger partial charge in [0.1, 0.15) is 5.82 Å². The molecule has 1 aromatic heterocycles. The Hall–Kier alpha value is -3.70. The van der Waals surface area contributed by atoms with Crippen molar-refractivity contribution in [1.82, 2.24) is 15.3 Å². The van der Waals surface area contributed by atoms with Crippen molar-refractivity contribution < 1.29 is 0 Å². The molecule has 2 N–H and O–H groups in total. The Bertz CT molecular complexity index is 1290. The van der Waals surface area contributed by atoms with E-state index in [-0.39, 0.29) is 7.43 Å². The summed E-state index contributed by atoms with van der Waals surface area (Å²) in [7, 11) is 4.06. The van der Waals surface area contributed by atoms with E-state index in [1.807, 2.05) is 32.3 Å². The second kappa shape index (κ2) is 12.5. The Morgan fingerprint density at radius 3 is 2.08 bits per heavy atom. The summed E-state index contributed by atoms with van der Waals surface area (Å²) in [5.41, 5.74) is 4.75. The topological polar surface area (TPSA) is 53.1 Å². The molecule has 1 saturated carbocycles. The first-order valence-corrected chi connectivity index (χ1v) is 12.9. The maximum atomic E-state index is 4.81. The molecule has 5 heteroatoms. The summed E-state index contributed by atoms with van der Waals surface area (Å²) in [4.78, 5) is 11.6. The minimum Gasteiger partial charge on any atom is -0.362 e. The first kappa shape index (κ1) is 26.4. The van der Waals surface area contributed by atoms with E-state index in [0.717, 1.165) is 54.9 Å². The van der Waals surface area contributed by atoms with Crippen LogP contribution in [0.15, 0.2) is 78.9 Å². The van der Waals surface area contributed by atoms with Crippen molar-refractivity contribution in [2.75, 3.05) is 24.3 Å². The molecule has 0 spiro atoms. The van der Waals surface area contributed by atoms with E-state index in [4.69, 9.17) is 9.97 Å². The van der Waals surface area contributed by atoms with Crippen LogP contribution in [0.5, 0.6) is 0 Å². The van der Waals surface area contributed by atoms with Gasteiger partial charge in [0.05, 0.1) is 5.52 Å². The number of nitrogens with one attached hydrogen (secondary N) is 2. The van der Waals surface area contributed by atoms with Gasteiger partial charge in [-0.1, -0.05) is 86.3 Å². The molecule has 4 aromatic rings. The molecule has 0 unspecified atom stereocenters. The van der Waals surface area contributed by atoms with Crippen LogP contribution < -0.4 is 15.5 Å². The van der Waals surface area contributed by atoms with Crippen LogP contribution in [0.25, 0.3) is 23.1 Å². The van der Waals surface area contributed by atoms with Crippen LogP contribution in [0.1, 0.15) is 49.8 Å². The Kier molecular flexibility index (Phi) is 8.91. The predicted octanol–water partition coefficient (Wildman–Crippen LogP) is 7.02. The molecular formula is C32H39N5. The Balaban J connectivity index is 0.00000320. The normalized spacial score (nSPS) is 17.5. The molecule has 0 saturated heterocycles. The third-order valence-electron chi connectivity index (χ3n) is 6.91. The van der Waals surface area contributed by atoms with Crippen molar-refractivity contribution in [3.63, 3.8) is 0 Å². The summed E-state index contributed by atoms with van der Waals surface area (Å²) in [6.07, 6.45) is 8.88. The molecule has 1 aliphatic carbocycles. The van der Waals surface area contributed by atoms with E-state index >= 15 is 0 Å². The zero-order valence-electron chi connectivity index (χ0n) is 21.2. The minimum absolute atomic E-state index is 0. The molecule has 0 amide bonds. The van der Waals surface area contributed by atoms with Gasteiger partial charge in [0, 0.05) is 38.1 Å². The largest absolute Gasteiger partial charge is 0.362 e. The quantitative estimate of drug-likeness (QED) is 0.258. The first-order chi connectivity index (χ1) is 17.6. The second-order valence-corrected chi connectivity index (χ2v) is 9.84. The van der Waals surface area contributed by atoms with Crippen LogP contribution in [0.3, 0.4) is 0 Å². The molecule has 5 rings (SSSR count). The highest BCUT2D eigenvalue weighted by atomic mass is 15.2. The van der Waals surface area contributed by atoms with Gasteiger partial charge in [-0.3, -0.25) is 0 Å². The van der Waals surface area contributed by atoms with E-state index in [1.165, 1.54) is 16.7 Å². The average molecular weight is 494 g/mol. The molecule has 0 atom stereocenters. The predicted molar refractivity (Wildman–Crippen MR) is 159 cm³/mol. The molecule has 37 heavy (non-hydrogen) atoms. The summed E-state index contributed by atoms with van der Waals surface area (Å²) in [6.45, 7) is 0.908. The number of nitrogens with zero attached hydrogens (tertiary/aromatic N) is 3. The average Bonchev–Trinajstić information content (AvgIpc) is 2.92. The van der Waals surface area contributed by atoms with Crippen molar-refractivity contribution in [3.05, 3.63) is 95.6 Å². The number of para-hydroxylation sites is 1. The summed E-state index contributed by atoms with van der Waals surface area (Å²) in [5, 5.41) is 8.46. The minimum atomic E-state index is 0. The number of rotatable bonds is 8. The van der Waals surface area contributed by atoms with Gasteiger partial charge >= 0.3 is 0 Å². The molecule has 192 valence electrons. The summed E-state index contributed by atoms with van der Waals surface area (Å²) in [5.74, 6) is 1.69. The molecule has 5 nitrogen and oxygen atoms in total. The van der Waals surface area contributed by atoms with Crippen LogP contribution in [-0.4, -0.2) is 36.1 Å². The van der Waals surface area contributed by atoms with Gasteiger partial charge in [0.25, 0.3) is 0 Å². The number of benzene rings is 3. The molecular weight excluding hydrogens is 454 g/mol. The molecule has 1 aliphatic rings. The zero-order valence-corrected chi connectivity index (χ0v) is 21.2. The van der Waals surface area contributed by atoms with E-state index in [0.29, 0.717) is 12.1 Å². The summed E-state index contributed by atoms with van der Waals surface area (Å²) in [6, 6.07) is 28.4. The van der Waals surface area contributed by atoms with Crippen LogP contribution in [-0.2, 0) is 6.54 Å². The molecule has 0 radical (unpaired) electrons. The summed E-state index contributed by atoms with van der Waals surface area (Å²) >= 11 is 0. The maximum Gasteiger partial charge on any atom is 0.225 e. The van der Waals surface area contributed by atoms with Gasteiger partial charge in [-0.05, 0) is 54.5 Å². The highest BCUT2D eigenvalue weighted by molar-refractivity contribution is 5.90. The fraction of sp³-hybridized carbons (Fsp3) is 0.312. The number of hydrogen-bond donors (Lipinski definition) is 2. The fourth-order valence-corrected chi connectivity index (χ4v) is 4.86. The van der Waals surface area contributed by atoms with Crippen molar-refractivity contribution in [2.45, 2.75) is 51.7 Å². The Labute approximate surface area is 221 Å². The van der Waals surface area contributed by atoms with Gasteiger partial charge in [-0.15, -0.1) is 0 Å². The van der Waals surface area contributed by atoms with Crippen LogP contribution in [0.4, 0.5) is 11.8 Å². The van der Waals surface area contributed by atoms with Gasteiger partial charge in [-0.2, -0.15) is 4.98 Å². The number of anilines is 2. The molecule has 0 bridgehead atoms. The summed E-state index contributed by atoms with van der Waals surface area (Å²) < 4.78 is 0. The van der Waals surface area contributed by atoms with Gasteiger partial charge in [-0.25, -0.2) is 4.98 Å². The zero-order chi connectivity index (χ0) is 24.7. The molecule has 1 heterocycles. The molecule has 0 aliphatic heterocycles. The highest BCUT2D eigenvalue weighted by Gasteiger charge is 2.22. The molecule has 1 fully saturated rings. The SMILES string of the molecule is C.CN(C)c1nc(NC2CCC(NCc3ccc(/C=C/c4ccccc4)cc3)CC2)nc2ccccc12. The third kappa shape index (κ3) is 6.95. The van der Waals surface area contributed by atoms with E-state index in [9.17, 15) is 0 Å². The second-order valence-electron chi connectivity index (χ2n) is 9.84. The van der Waals surface area contributed by atoms with E-state index in [1.54, 1.807) is 0 Å². The maximum absolute atomic E-state index is 4.81. The standard InChI is InChI=1S/C31H35N5.CH4/c1-36(2)30-28-10-6-7-11-29(28)34-31(35-30)33-27-20-18-26(19-21-27)32-22-25-16-14-24(15-17-25)13-12-23-8-4-3-5-9-23;/h3-17,26-27,32H,18-22H2,1-2H3,(H,33,34,35);1H4/b13-12+;. The van der Waals surface area contributed by atoms with Crippen molar-refractivity contribution in [1.29, 1.82) is 0 Å². The van der Waals surface area contributed by atoms with E-state index < -0.39 is 0 Å². The first-order valence-electron chi connectivity index (χ1n) is 12.9. The number of fused-ring (bicyclic) bond motifs is 1. The Morgan fingerprint density at radius 1 is 0.757 bits per heavy atom. The third-order valence-corrected chi connectivity index (χ3v) is 6.91. The Morgan fingerprint density at radius 2 is 1.38 bits per heavy atom. The number of aromatic nitrogens is 2. The monoisotopic (exact) mass is 493 g/mol. The van der Waals surface area contributed by atoms with Crippen LogP contribution >= 0.6 is 0 Å². The molecule has 3 aromatic carbocycles. The van der Waals surface area contributed by atoms with Crippen molar-refractivity contribution in [2.24, 2.45) is 0 Å². The van der Waals surface area contributed by atoms with Gasteiger partial charge in [0.15, 0.2) is 0 Å². The number of hydrogen-bond acceptors (Lipinski definition) is 5.